The van der Waals surface area contributed by atoms with Crippen LogP contribution in [0.1, 0.15) is 18.4 Å². The smallest absolute Gasteiger partial charge is 0.481 e. The fourth-order valence-corrected chi connectivity index (χ4v) is 2.34. The first kappa shape index (κ1) is 13.7. The van der Waals surface area contributed by atoms with E-state index in [1.54, 1.807) is 0 Å². The van der Waals surface area contributed by atoms with Crippen LogP contribution in [-0.4, -0.2) is 23.5 Å². The van der Waals surface area contributed by atoms with E-state index in [0.717, 1.165) is 12.1 Å². The van der Waals surface area contributed by atoms with Gasteiger partial charge in [0.25, 0.3) is 0 Å². The number of hydrogen-bond acceptors (Lipinski definition) is 3. The Morgan fingerprint density at radius 2 is 1.84 bits per heavy atom. The molecule has 1 aliphatic carbocycles. The van der Waals surface area contributed by atoms with Gasteiger partial charge in [0.05, 0.1) is 5.41 Å². The van der Waals surface area contributed by atoms with Crippen LogP contribution in [0.3, 0.4) is 0 Å². The van der Waals surface area contributed by atoms with Crippen LogP contribution in [0, 0.1) is 0 Å². The normalized spacial score (nSPS) is 26.6. The maximum Gasteiger partial charge on any atom is 0.573 e. The highest BCUT2D eigenvalue weighted by atomic mass is 19.4. The molecule has 3 N–H and O–H groups in total. The molecule has 19 heavy (non-hydrogen) atoms. The molecule has 0 heterocycles. The molecule has 0 saturated heterocycles. The second-order valence-corrected chi connectivity index (χ2v) is 4.63. The third-order valence-corrected chi connectivity index (χ3v) is 3.27. The molecule has 0 aromatic heterocycles. The maximum atomic E-state index is 12.0. The quantitative estimate of drug-likeness (QED) is 0.885. The molecule has 0 bridgehead atoms. The van der Waals surface area contributed by atoms with Crippen LogP contribution in [0.15, 0.2) is 24.3 Å². The van der Waals surface area contributed by atoms with Crippen LogP contribution in [0.25, 0.3) is 0 Å². The summed E-state index contributed by atoms with van der Waals surface area (Å²) < 4.78 is 39.7. The molecule has 0 unspecified atom stereocenters. The van der Waals surface area contributed by atoms with Gasteiger partial charge in [-0.2, -0.15) is 0 Å². The molecule has 1 fully saturated rings. The van der Waals surface area contributed by atoms with Gasteiger partial charge in [0.2, 0.25) is 0 Å². The summed E-state index contributed by atoms with van der Waals surface area (Å²) in [7, 11) is 0. The molecule has 0 aliphatic heterocycles. The summed E-state index contributed by atoms with van der Waals surface area (Å²) in [5.74, 6) is -1.39. The second-order valence-electron chi connectivity index (χ2n) is 4.63. The molecule has 1 saturated carbocycles. The van der Waals surface area contributed by atoms with E-state index >= 15 is 0 Å². The second kappa shape index (κ2) is 4.41. The van der Waals surface area contributed by atoms with Gasteiger partial charge in [-0.25, -0.2) is 0 Å². The van der Waals surface area contributed by atoms with Crippen molar-refractivity contribution in [1.29, 1.82) is 0 Å². The van der Waals surface area contributed by atoms with Crippen molar-refractivity contribution in [1.82, 2.24) is 0 Å². The molecule has 0 radical (unpaired) electrons. The van der Waals surface area contributed by atoms with Gasteiger partial charge in [0, 0.05) is 6.04 Å². The fraction of sp³-hybridized carbons (Fsp3) is 0.417. The minimum Gasteiger partial charge on any atom is -0.481 e. The van der Waals surface area contributed by atoms with E-state index in [0.29, 0.717) is 5.56 Å². The first-order chi connectivity index (χ1) is 8.73. The van der Waals surface area contributed by atoms with E-state index in [4.69, 9.17) is 5.73 Å². The lowest BCUT2D eigenvalue weighted by atomic mass is 9.62. The zero-order valence-electron chi connectivity index (χ0n) is 9.78. The number of halogens is 3. The highest BCUT2D eigenvalue weighted by molar-refractivity contribution is 5.83. The third kappa shape index (κ3) is 2.65. The monoisotopic (exact) mass is 275 g/mol. The number of benzene rings is 1. The Hall–Kier alpha value is -1.76. The van der Waals surface area contributed by atoms with Gasteiger partial charge in [-0.1, -0.05) is 12.1 Å². The summed E-state index contributed by atoms with van der Waals surface area (Å²) in [6.45, 7) is 0. The Kier molecular flexibility index (Phi) is 3.17. The number of alkyl halides is 3. The zero-order valence-corrected chi connectivity index (χ0v) is 9.78. The van der Waals surface area contributed by atoms with E-state index in [1.807, 2.05) is 0 Å². The van der Waals surface area contributed by atoms with Gasteiger partial charge in [-0.15, -0.1) is 13.2 Å². The number of nitrogens with two attached hydrogens (primary N) is 1. The molecule has 0 spiro atoms. The number of ether oxygens (including phenoxy) is 1. The first-order valence-electron chi connectivity index (χ1n) is 5.58. The molecule has 7 heteroatoms. The van der Waals surface area contributed by atoms with Crippen LogP contribution in [-0.2, 0) is 10.2 Å². The fourth-order valence-electron chi connectivity index (χ4n) is 2.34. The molecule has 2 rings (SSSR count). The lowest BCUT2D eigenvalue weighted by Gasteiger charge is -2.43. The lowest BCUT2D eigenvalue weighted by Crippen LogP contribution is -2.54. The Morgan fingerprint density at radius 3 is 2.21 bits per heavy atom. The number of aliphatic carboxylic acids is 1. The Bertz CT molecular complexity index is 478. The summed E-state index contributed by atoms with van der Waals surface area (Å²) in [5, 5.41) is 9.24. The van der Waals surface area contributed by atoms with Crippen LogP contribution in [0.4, 0.5) is 13.2 Å². The molecule has 1 aromatic rings. The van der Waals surface area contributed by atoms with E-state index in [-0.39, 0.29) is 24.6 Å². The number of carbonyl (C=O) groups is 1. The van der Waals surface area contributed by atoms with Crippen molar-refractivity contribution >= 4 is 5.97 Å². The molecule has 1 aliphatic rings. The van der Waals surface area contributed by atoms with Crippen LogP contribution in [0.2, 0.25) is 0 Å². The number of rotatable bonds is 3. The molecular formula is C12H12F3NO3. The SMILES string of the molecule is NC1CC(C(=O)O)(c2ccc(OC(F)(F)F)cc2)C1. The first-order valence-corrected chi connectivity index (χ1v) is 5.58. The molecular weight excluding hydrogens is 263 g/mol. The highest BCUT2D eigenvalue weighted by Gasteiger charge is 2.50. The predicted octanol–water partition coefficient (Wildman–Crippen LogP) is 2.03. The summed E-state index contributed by atoms with van der Waals surface area (Å²) in [5.41, 5.74) is 4.96. The number of carboxylic acid groups (broad SMARTS) is 1. The van der Waals surface area contributed by atoms with Gasteiger partial charge in [0.15, 0.2) is 0 Å². The van der Waals surface area contributed by atoms with E-state index in [9.17, 15) is 23.1 Å². The molecule has 1 aromatic carbocycles. The third-order valence-electron chi connectivity index (χ3n) is 3.27. The van der Waals surface area contributed by atoms with Crippen LogP contribution < -0.4 is 10.5 Å². The minimum absolute atomic E-state index is 0.192. The molecule has 0 atom stereocenters. The minimum atomic E-state index is -4.76. The summed E-state index contributed by atoms with van der Waals surface area (Å²) in [6, 6.07) is 4.69. The van der Waals surface area contributed by atoms with Crippen molar-refractivity contribution < 1.29 is 27.8 Å². The number of carboxylic acids is 1. The molecule has 0 amide bonds. The van der Waals surface area contributed by atoms with Crippen molar-refractivity contribution in [3.05, 3.63) is 29.8 Å². The van der Waals surface area contributed by atoms with Gasteiger partial charge >= 0.3 is 12.3 Å². The van der Waals surface area contributed by atoms with Crippen molar-refractivity contribution in [2.24, 2.45) is 5.73 Å². The van der Waals surface area contributed by atoms with E-state index < -0.39 is 17.7 Å². The number of hydrogen-bond donors (Lipinski definition) is 2. The molecule has 104 valence electrons. The lowest BCUT2D eigenvalue weighted by molar-refractivity contribution is -0.274. The maximum absolute atomic E-state index is 12.0. The summed E-state index contributed by atoms with van der Waals surface area (Å²) >= 11 is 0. The van der Waals surface area contributed by atoms with Gasteiger partial charge < -0.3 is 15.6 Å². The largest absolute Gasteiger partial charge is 0.573 e. The Morgan fingerprint density at radius 1 is 1.32 bits per heavy atom. The van der Waals surface area contributed by atoms with Gasteiger partial charge in [0.1, 0.15) is 5.75 Å². The van der Waals surface area contributed by atoms with Crippen LogP contribution in [0.5, 0.6) is 5.75 Å². The van der Waals surface area contributed by atoms with Gasteiger partial charge in [-0.05, 0) is 30.5 Å². The average Bonchev–Trinajstić information content (AvgIpc) is 2.23. The highest BCUT2D eigenvalue weighted by Crippen LogP contribution is 2.43. The van der Waals surface area contributed by atoms with Crippen molar-refractivity contribution in [3.8, 4) is 5.75 Å². The Labute approximate surface area is 107 Å². The topological polar surface area (TPSA) is 72.6 Å². The standard InChI is InChI=1S/C12H12F3NO3/c13-12(14,15)19-9-3-1-7(2-4-9)11(10(17)18)5-8(16)6-11/h1-4,8H,5-6,16H2,(H,17,18). The van der Waals surface area contributed by atoms with E-state index in [1.165, 1.54) is 12.1 Å². The van der Waals surface area contributed by atoms with Crippen molar-refractivity contribution in [2.45, 2.75) is 30.7 Å². The van der Waals surface area contributed by atoms with Crippen molar-refractivity contribution in [3.63, 3.8) is 0 Å². The summed E-state index contributed by atoms with van der Waals surface area (Å²) in [4.78, 5) is 11.3. The zero-order chi connectivity index (χ0) is 14.3. The Balaban J connectivity index is 2.20. The average molecular weight is 275 g/mol. The van der Waals surface area contributed by atoms with Gasteiger partial charge in [-0.3, -0.25) is 4.79 Å². The predicted molar refractivity (Wildman–Crippen MR) is 59.6 cm³/mol. The molecule has 4 nitrogen and oxygen atoms in total. The summed E-state index contributed by atoms with van der Waals surface area (Å²) in [6.07, 6.45) is -4.20. The van der Waals surface area contributed by atoms with Crippen LogP contribution >= 0.6 is 0 Å². The van der Waals surface area contributed by atoms with Crippen molar-refractivity contribution in [2.75, 3.05) is 0 Å². The van der Waals surface area contributed by atoms with E-state index in [2.05, 4.69) is 4.74 Å².